The predicted molar refractivity (Wildman–Crippen MR) is 63.4 cm³/mol. The van der Waals surface area contributed by atoms with Crippen molar-refractivity contribution in [1.29, 1.82) is 0 Å². The highest BCUT2D eigenvalue weighted by Crippen LogP contribution is 2.20. The predicted octanol–water partition coefficient (Wildman–Crippen LogP) is 0.0108. The summed E-state index contributed by atoms with van der Waals surface area (Å²) in [5, 5.41) is 3.33. The molecule has 2 rings (SSSR count). The lowest BCUT2D eigenvalue weighted by molar-refractivity contribution is 0.223. The van der Waals surface area contributed by atoms with Crippen molar-refractivity contribution >= 4 is 10.2 Å². The lowest BCUT2D eigenvalue weighted by atomic mass is 10.0. The van der Waals surface area contributed by atoms with Crippen LogP contribution in [0, 0.1) is 0 Å². The topological polar surface area (TPSA) is 52.7 Å². The minimum Gasteiger partial charge on any atom is -0.309 e. The third-order valence-corrected chi connectivity index (χ3v) is 5.24. The molecule has 1 N–H and O–H groups in total. The zero-order chi connectivity index (χ0) is 11.8. The number of hydrogen-bond donors (Lipinski definition) is 1. The zero-order valence-electron chi connectivity index (χ0n) is 10.1. The molecular weight excluding hydrogens is 226 g/mol. The van der Waals surface area contributed by atoms with Crippen LogP contribution in [0.4, 0.5) is 0 Å². The summed E-state index contributed by atoms with van der Waals surface area (Å²) in [7, 11) is -3.21. The van der Waals surface area contributed by atoms with Crippen LogP contribution in [0.3, 0.4) is 0 Å². The number of rotatable bonds is 2. The van der Waals surface area contributed by atoms with Gasteiger partial charge in [0.1, 0.15) is 0 Å². The summed E-state index contributed by atoms with van der Waals surface area (Å²) in [5.74, 6) is 0. The molecule has 5 nitrogen and oxygen atoms in total. The summed E-state index contributed by atoms with van der Waals surface area (Å²) < 4.78 is 27.8. The Morgan fingerprint density at radius 2 is 1.69 bits per heavy atom. The molecule has 2 aliphatic rings. The van der Waals surface area contributed by atoms with Crippen LogP contribution < -0.4 is 5.32 Å². The second-order valence-corrected chi connectivity index (χ2v) is 7.19. The molecule has 2 heterocycles. The molecule has 0 unspecified atom stereocenters. The van der Waals surface area contributed by atoms with Crippen molar-refractivity contribution in [3.63, 3.8) is 0 Å². The molecule has 2 aliphatic heterocycles. The van der Waals surface area contributed by atoms with Crippen LogP contribution in [0.2, 0.25) is 0 Å². The Bertz CT molecular complexity index is 347. The normalized spacial score (nSPS) is 28.4. The van der Waals surface area contributed by atoms with E-state index in [1.54, 1.807) is 8.61 Å². The van der Waals surface area contributed by atoms with Crippen molar-refractivity contribution in [2.45, 2.75) is 32.2 Å². The molecule has 0 atom stereocenters. The van der Waals surface area contributed by atoms with E-state index in [-0.39, 0.29) is 5.54 Å². The fourth-order valence-electron chi connectivity index (χ4n) is 2.37. The van der Waals surface area contributed by atoms with Gasteiger partial charge in [-0.3, -0.25) is 0 Å². The molecule has 0 bridgehead atoms. The van der Waals surface area contributed by atoms with E-state index in [9.17, 15) is 8.42 Å². The molecule has 0 aromatic carbocycles. The molecule has 0 aromatic heterocycles. The number of nitrogens with one attached hydrogen (secondary N) is 1. The molecule has 2 saturated heterocycles. The quantitative estimate of drug-likeness (QED) is 0.748. The molecule has 0 spiro atoms. The van der Waals surface area contributed by atoms with Crippen LogP contribution >= 0.6 is 0 Å². The number of nitrogens with zero attached hydrogens (tertiary/aromatic N) is 2. The summed E-state index contributed by atoms with van der Waals surface area (Å²) in [6.07, 6.45) is 1.99. The fraction of sp³-hybridized carbons (Fsp3) is 1.00. The van der Waals surface area contributed by atoms with E-state index in [2.05, 4.69) is 5.32 Å². The zero-order valence-corrected chi connectivity index (χ0v) is 10.9. The lowest BCUT2D eigenvalue weighted by Crippen LogP contribution is -2.60. The van der Waals surface area contributed by atoms with Crippen molar-refractivity contribution in [1.82, 2.24) is 13.9 Å². The maximum Gasteiger partial charge on any atom is 0.282 e. The van der Waals surface area contributed by atoms with Crippen LogP contribution in [0.5, 0.6) is 0 Å². The van der Waals surface area contributed by atoms with E-state index in [4.69, 9.17) is 0 Å². The summed E-state index contributed by atoms with van der Waals surface area (Å²) in [6, 6.07) is 0. The Labute approximate surface area is 98.0 Å². The first kappa shape index (κ1) is 12.3. The minimum absolute atomic E-state index is 0.120. The van der Waals surface area contributed by atoms with E-state index < -0.39 is 10.2 Å². The maximum atomic E-state index is 12.3. The van der Waals surface area contributed by atoms with Crippen LogP contribution in [0.1, 0.15) is 26.7 Å². The van der Waals surface area contributed by atoms with Gasteiger partial charge in [0.15, 0.2) is 0 Å². The van der Waals surface area contributed by atoms with E-state index in [1.807, 2.05) is 13.8 Å². The summed E-state index contributed by atoms with van der Waals surface area (Å²) in [6.45, 7) is 7.34. The van der Waals surface area contributed by atoms with Gasteiger partial charge in [-0.1, -0.05) is 0 Å². The van der Waals surface area contributed by atoms with Gasteiger partial charge in [0.2, 0.25) is 0 Å². The summed E-state index contributed by atoms with van der Waals surface area (Å²) >= 11 is 0. The largest absolute Gasteiger partial charge is 0.309 e. The van der Waals surface area contributed by atoms with Crippen molar-refractivity contribution in [2.75, 3.05) is 32.7 Å². The smallest absolute Gasteiger partial charge is 0.282 e. The van der Waals surface area contributed by atoms with Gasteiger partial charge in [-0.2, -0.15) is 17.0 Å². The molecule has 0 radical (unpaired) electrons. The van der Waals surface area contributed by atoms with Gasteiger partial charge in [-0.15, -0.1) is 0 Å². The molecule has 16 heavy (non-hydrogen) atoms. The van der Waals surface area contributed by atoms with E-state index in [1.165, 1.54) is 0 Å². The van der Waals surface area contributed by atoms with E-state index in [0.717, 1.165) is 19.4 Å². The minimum atomic E-state index is -3.21. The van der Waals surface area contributed by atoms with Crippen molar-refractivity contribution in [2.24, 2.45) is 0 Å². The SMILES string of the molecule is CC1(C)CN(S(=O)(=O)N2CCCC2)CCN1. The first-order chi connectivity index (χ1) is 7.42. The van der Waals surface area contributed by atoms with Crippen molar-refractivity contribution in [3.05, 3.63) is 0 Å². The molecular formula is C10H21N3O2S. The van der Waals surface area contributed by atoms with Crippen LogP contribution in [-0.2, 0) is 10.2 Å². The molecule has 0 saturated carbocycles. The highest BCUT2D eigenvalue weighted by molar-refractivity contribution is 7.86. The van der Waals surface area contributed by atoms with Crippen LogP contribution in [-0.4, -0.2) is 55.3 Å². The molecule has 0 amide bonds. The standard InChI is InChI=1S/C10H21N3O2S/c1-10(2)9-13(8-5-11-10)16(14,15)12-6-3-4-7-12/h11H,3-9H2,1-2H3. The summed E-state index contributed by atoms with van der Waals surface area (Å²) in [4.78, 5) is 0. The van der Waals surface area contributed by atoms with Gasteiger partial charge in [0, 0.05) is 38.3 Å². The molecule has 0 aliphatic carbocycles. The molecule has 0 aromatic rings. The highest BCUT2D eigenvalue weighted by Gasteiger charge is 2.37. The lowest BCUT2D eigenvalue weighted by Gasteiger charge is -2.39. The third-order valence-electron chi connectivity index (χ3n) is 3.25. The Morgan fingerprint density at radius 1 is 1.06 bits per heavy atom. The highest BCUT2D eigenvalue weighted by atomic mass is 32.2. The van der Waals surface area contributed by atoms with Gasteiger partial charge in [-0.25, -0.2) is 0 Å². The first-order valence-electron chi connectivity index (χ1n) is 5.92. The Morgan fingerprint density at radius 3 is 2.25 bits per heavy atom. The van der Waals surface area contributed by atoms with Crippen molar-refractivity contribution in [3.8, 4) is 0 Å². The Balaban J connectivity index is 2.11. The summed E-state index contributed by atoms with van der Waals surface area (Å²) in [5.41, 5.74) is -0.120. The first-order valence-corrected chi connectivity index (χ1v) is 7.32. The second kappa shape index (κ2) is 4.25. The average molecular weight is 247 g/mol. The second-order valence-electron chi connectivity index (χ2n) is 5.26. The van der Waals surface area contributed by atoms with Crippen molar-refractivity contribution < 1.29 is 8.42 Å². The molecule has 6 heteroatoms. The Kier molecular flexibility index (Phi) is 3.27. The molecule has 2 fully saturated rings. The van der Waals surface area contributed by atoms with Gasteiger partial charge >= 0.3 is 0 Å². The number of hydrogen-bond acceptors (Lipinski definition) is 3. The fourth-order valence-corrected chi connectivity index (χ4v) is 4.23. The third kappa shape index (κ3) is 2.40. The molecule has 94 valence electrons. The van der Waals surface area contributed by atoms with Gasteiger partial charge < -0.3 is 5.32 Å². The van der Waals surface area contributed by atoms with Crippen LogP contribution in [0.25, 0.3) is 0 Å². The number of piperazine rings is 1. The van der Waals surface area contributed by atoms with Gasteiger partial charge in [0.05, 0.1) is 0 Å². The Hall–Kier alpha value is -0.170. The van der Waals surface area contributed by atoms with E-state index in [0.29, 0.717) is 26.2 Å². The average Bonchev–Trinajstić information content (AvgIpc) is 2.69. The van der Waals surface area contributed by atoms with Gasteiger partial charge in [-0.05, 0) is 26.7 Å². The monoisotopic (exact) mass is 247 g/mol. The maximum absolute atomic E-state index is 12.3. The van der Waals surface area contributed by atoms with E-state index >= 15 is 0 Å². The van der Waals surface area contributed by atoms with Gasteiger partial charge in [0.25, 0.3) is 10.2 Å². The van der Waals surface area contributed by atoms with Crippen LogP contribution in [0.15, 0.2) is 0 Å².